The Morgan fingerprint density at radius 2 is 1.85 bits per heavy atom. The van der Waals surface area contributed by atoms with E-state index >= 15 is 0 Å². The molecule has 3 rings (SSSR count). The predicted octanol–water partition coefficient (Wildman–Crippen LogP) is 4.62. The van der Waals surface area contributed by atoms with Crippen LogP contribution in [0.2, 0.25) is 0 Å². The summed E-state index contributed by atoms with van der Waals surface area (Å²) in [6, 6.07) is 14.2. The molecule has 0 spiro atoms. The second kappa shape index (κ2) is 5.43. The van der Waals surface area contributed by atoms with Gasteiger partial charge in [0.15, 0.2) is 0 Å². The molecule has 1 heterocycles. The highest BCUT2D eigenvalue weighted by atomic mass is 32.1. The fourth-order valence-electron chi connectivity index (χ4n) is 1.92. The fourth-order valence-corrected chi connectivity index (χ4v) is 2.76. The van der Waals surface area contributed by atoms with Crippen molar-refractivity contribution in [3.05, 3.63) is 59.7 Å². The van der Waals surface area contributed by atoms with Crippen molar-refractivity contribution in [2.24, 2.45) is 0 Å². The number of rotatable bonds is 3. The number of hydrogen-bond donors (Lipinski definition) is 0. The average Bonchev–Trinajstić information content (AvgIpc) is 2.97. The zero-order valence-electron chi connectivity index (χ0n) is 10.8. The molecule has 0 N–H and O–H groups in total. The summed E-state index contributed by atoms with van der Waals surface area (Å²) in [5, 5.41) is 2.85. The third-order valence-corrected chi connectivity index (χ3v) is 3.85. The maximum Gasteiger partial charge on any atom is 0.124 e. The zero-order chi connectivity index (χ0) is 13.9. The summed E-state index contributed by atoms with van der Waals surface area (Å²) in [6.45, 7) is 0. The maximum absolute atomic E-state index is 13.2. The summed E-state index contributed by atoms with van der Waals surface area (Å²) >= 11 is 1.54. The van der Waals surface area contributed by atoms with Gasteiger partial charge in [-0.2, -0.15) is 0 Å². The third-order valence-electron chi connectivity index (χ3n) is 2.96. The molecular formula is C16H12FNOS. The molecule has 100 valence electrons. The minimum absolute atomic E-state index is 0.249. The summed E-state index contributed by atoms with van der Waals surface area (Å²) < 4.78 is 18.4. The highest BCUT2D eigenvalue weighted by molar-refractivity contribution is 7.13. The Morgan fingerprint density at radius 3 is 2.55 bits per heavy atom. The Labute approximate surface area is 120 Å². The van der Waals surface area contributed by atoms with E-state index in [1.807, 2.05) is 35.7 Å². The lowest BCUT2D eigenvalue weighted by Crippen LogP contribution is -1.83. The molecule has 0 saturated heterocycles. The second-order valence-corrected chi connectivity index (χ2v) is 5.13. The first-order valence-corrected chi connectivity index (χ1v) is 7.00. The van der Waals surface area contributed by atoms with E-state index in [0.717, 1.165) is 27.6 Å². The van der Waals surface area contributed by atoms with Crippen LogP contribution < -0.4 is 4.74 Å². The van der Waals surface area contributed by atoms with E-state index in [1.54, 1.807) is 24.5 Å². The van der Waals surface area contributed by atoms with Gasteiger partial charge in [0.2, 0.25) is 0 Å². The Kier molecular flexibility index (Phi) is 3.48. The van der Waals surface area contributed by atoms with Crippen molar-refractivity contribution < 1.29 is 9.13 Å². The lowest BCUT2D eigenvalue weighted by Gasteiger charge is -2.00. The van der Waals surface area contributed by atoms with Crippen LogP contribution in [0.25, 0.3) is 21.8 Å². The Hall–Kier alpha value is -2.20. The molecular weight excluding hydrogens is 273 g/mol. The SMILES string of the molecule is COc1ccc(-c2nc(-c3cccc(F)c3)cs2)cc1. The minimum atomic E-state index is -0.249. The van der Waals surface area contributed by atoms with Crippen molar-refractivity contribution in [2.45, 2.75) is 0 Å². The number of halogens is 1. The predicted molar refractivity (Wildman–Crippen MR) is 79.5 cm³/mol. The molecule has 0 atom stereocenters. The van der Waals surface area contributed by atoms with Gasteiger partial charge >= 0.3 is 0 Å². The highest BCUT2D eigenvalue weighted by Gasteiger charge is 2.07. The molecule has 0 saturated carbocycles. The van der Waals surface area contributed by atoms with Crippen molar-refractivity contribution >= 4 is 11.3 Å². The Bertz CT molecular complexity index is 721. The van der Waals surface area contributed by atoms with Gasteiger partial charge in [-0.05, 0) is 36.4 Å². The molecule has 2 aromatic carbocycles. The smallest absolute Gasteiger partial charge is 0.124 e. The molecule has 0 aliphatic heterocycles. The van der Waals surface area contributed by atoms with E-state index in [9.17, 15) is 4.39 Å². The topological polar surface area (TPSA) is 22.1 Å². The number of benzene rings is 2. The molecule has 0 radical (unpaired) electrons. The number of thiazole rings is 1. The van der Waals surface area contributed by atoms with Gasteiger partial charge in [-0.1, -0.05) is 12.1 Å². The molecule has 1 aromatic heterocycles. The first-order valence-electron chi connectivity index (χ1n) is 6.12. The van der Waals surface area contributed by atoms with Gasteiger partial charge in [-0.25, -0.2) is 9.37 Å². The van der Waals surface area contributed by atoms with Crippen LogP contribution >= 0.6 is 11.3 Å². The van der Waals surface area contributed by atoms with E-state index in [1.165, 1.54) is 12.1 Å². The molecule has 2 nitrogen and oxygen atoms in total. The van der Waals surface area contributed by atoms with Crippen LogP contribution in [0, 0.1) is 5.82 Å². The first kappa shape index (κ1) is 12.8. The number of methoxy groups -OCH3 is 1. The monoisotopic (exact) mass is 285 g/mol. The molecule has 0 aliphatic carbocycles. The standard InChI is InChI=1S/C16H12FNOS/c1-19-14-7-5-11(6-8-14)16-18-15(10-20-16)12-3-2-4-13(17)9-12/h2-10H,1H3. The van der Waals surface area contributed by atoms with Crippen LogP contribution in [0.5, 0.6) is 5.75 Å². The van der Waals surface area contributed by atoms with Crippen molar-refractivity contribution in [3.63, 3.8) is 0 Å². The largest absolute Gasteiger partial charge is 0.497 e. The maximum atomic E-state index is 13.2. The summed E-state index contributed by atoms with van der Waals surface area (Å²) in [5.74, 6) is 0.567. The average molecular weight is 285 g/mol. The number of aromatic nitrogens is 1. The second-order valence-electron chi connectivity index (χ2n) is 4.28. The molecule has 0 amide bonds. The summed E-state index contributed by atoms with van der Waals surface area (Å²) in [6.07, 6.45) is 0. The Morgan fingerprint density at radius 1 is 1.05 bits per heavy atom. The van der Waals surface area contributed by atoms with Gasteiger partial charge in [0.25, 0.3) is 0 Å². The van der Waals surface area contributed by atoms with Gasteiger partial charge in [0, 0.05) is 16.5 Å². The molecule has 0 unspecified atom stereocenters. The number of nitrogens with zero attached hydrogens (tertiary/aromatic N) is 1. The summed E-state index contributed by atoms with van der Waals surface area (Å²) in [4.78, 5) is 4.56. The van der Waals surface area contributed by atoms with Crippen molar-refractivity contribution in [2.75, 3.05) is 7.11 Å². The van der Waals surface area contributed by atoms with E-state index < -0.39 is 0 Å². The van der Waals surface area contributed by atoms with Crippen LogP contribution in [0.1, 0.15) is 0 Å². The van der Waals surface area contributed by atoms with Gasteiger partial charge in [0.05, 0.1) is 12.8 Å². The van der Waals surface area contributed by atoms with Crippen molar-refractivity contribution in [1.29, 1.82) is 0 Å². The lowest BCUT2D eigenvalue weighted by molar-refractivity contribution is 0.415. The molecule has 0 bridgehead atoms. The van der Waals surface area contributed by atoms with Crippen LogP contribution in [0.3, 0.4) is 0 Å². The van der Waals surface area contributed by atoms with Gasteiger partial charge < -0.3 is 4.74 Å². The zero-order valence-corrected chi connectivity index (χ0v) is 11.7. The van der Waals surface area contributed by atoms with Gasteiger partial charge in [-0.15, -0.1) is 11.3 Å². The van der Waals surface area contributed by atoms with Crippen molar-refractivity contribution in [1.82, 2.24) is 4.98 Å². The van der Waals surface area contributed by atoms with Crippen molar-refractivity contribution in [3.8, 4) is 27.6 Å². The normalized spacial score (nSPS) is 10.5. The van der Waals surface area contributed by atoms with Crippen LogP contribution in [0.15, 0.2) is 53.9 Å². The van der Waals surface area contributed by atoms with Gasteiger partial charge in [-0.3, -0.25) is 0 Å². The lowest BCUT2D eigenvalue weighted by atomic mass is 10.2. The molecule has 0 aliphatic rings. The molecule has 0 fully saturated rings. The number of ether oxygens (including phenoxy) is 1. The van der Waals surface area contributed by atoms with E-state index in [-0.39, 0.29) is 5.82 Å². The van der Waals surface area contributed by atoms with Crippen LogP contribution in [-0.2, 0) is 0 Å². The first-order chi connectivity index (χ1) is 9.76. The van der Waals surface area contributed by atoms with Crippen LogP contribution in [-0.4, -0.2) is 12.1 Å². The highest BCUT2D eigenvalue weighted by Crippen LogP contribution is 2.30. The molecule has 20 heavy (non-hydrogen) atoms. The molecule has 4 heteroatoms. The van der Waals surface area contributed by atoms with Gasteiger partial charge in [0.1, 0.15) is 16.6 Å². The van der Waals surface area contributed by atoms with E-state index in [2.05, 4.69) is 4.98 Å². The van der Waals surface area contributed by atoms with E-state index in [4.69, 9.17) is 4.74 Å². The fraction of sp³-hybridized carbons (Fsp3) is 0.0625. The minimum Gasteiger partial charge on any atom is -0.497 e. The van der Waals surface area contributed by atoms with Crippen LogP contribution in [0.4, 0.5) is 4.39 Å². The molecule has 3 aromatic rings. The summed E-state index contributed by atoms with van der Waals surface area (Å²) in [7, 11) is 1.64. The summed E-state index contributed by atoms with van der Waals surface area (Å²) in [5.41, 5.74) is 2.61. The third kappa shape index (κ3) is 2.56. The Balaban J connectivity index is 1.93. The quantitative estimate of drug-likeness (QED) is 0.700. The van der Waals surface area contributed by atoms with E-state index in [0.29, 0.717) is 0 Å². The number of hydrogen-bond acceptors (Lipinski definition) is 3.